The summed E-state index contributed by atoms with van der Waals surface area (Å²) in [5.41, 5.74) is 0.00895. The zero-order chi connectivity index (χ0) is 17.4. The minimum Gasteiger partial charge on any atom is -0.312 e. The number of aromatic nitrogens is 2. The van der Waals surface area contributed by atoms with Crippen molar-refractivity contribution < 1.29 is 13.6 Å². The first-order valence-corrected chi connectivity index (χ1v) is 8.38. The molecular weight excluding hydrogens is 336 g/mol. The van der Waals surface area contributed by atoms with Gasteiger partial charge in [-0.05, 0) is 23.4 Å². The summed E-state index contributed by atoms with van der Waals surface area (Å²) in [6.07, 6.45) is -0.0624. The average Bonchev–Trinajstić information content (AvgIpc) is 2.50. The summed E-state index contributed by atoms with van der Waals surface area (Å²) in [5.74, 6) is -1.50. The van der Waals surface area contributed by atoms with Gasteiger partial charge < -0.3 is 9.88 Å². The summed E-state index contributed by atoms with van der Waals surface area (Å²) in [5, 5.41) is 3.16. The van der Waals surface area contributed by atoms with Crippen molar-refractivity contribution in [3.63, 3.8) is 0 Å². The fourth-order valence-corrected chi connectivity index (χ4v) is 3.55. The zero-order valence-corrected chi connectivity index (χ0v) is 13.9. The van der Waals surface area contributed by atoms with Crippen LogP contribution in [0, 0.1) is 11.6 Å². The SMILES string of the molecule is CCSc1nc(=O)c2c(n1C)NC(=O)CC2c1cc(F)cc(F)c1. The summed E-state index contributed by atoms with van der Waals surface area (Å²) in [7, 11) is 1.69. The van der Waals surface area contributed by atoms with E-state index in [1.807, 2.05) is 6.92 Å². The Morgan fingerprint density at radius 2 is 1.96 bits per heavy atom. The van der Waals surface area contributed by atoms with Gasteiger partial charge in [-0.25, -0.2) is 8.78 Å². The van der Waals surface area contributed by atoms with E-state index >= 15 is 0 Å². The van der Waals surface area contributed by atoms with Crippen LogP contribution in [-0.4, -0.2) is 21.2 Å². The first-order valence-electron chi connectivity index (χ1n) is 7.40. The molecule has 1 aromatic heterocycles. The smallest absolute Gasteiger partial charge is 0.279 e. The number of halogens is 2. The Labute approximate surface area is 141 Å². The Balaban J connectivity index is 2.21. The van der Waals surface area contributed by atoms with E-state index in [0.717, 1.165) is 18.2 Å². The number of hydrogen-bond donors (Lipinski definition) is 1. The number of carbonyl (C=O) groups excluding carboxylic acids is 1. The molecule has 3 rings (SSSR count). The Bertz CT molecular complexity index is 862. The molecule has 0 radical (unpaired) electrons. The number of thioether (sulfide) groups is 1. The molecule has 0 saturated heterocycles. The predicted molar refractivity (Wildman–Crippen MR) is 87.3 cm³/mol. The third-order valence-electron chi connectivity index (χ3n) is 3.86. The fourth-order valence-electron chi connectivity index (χ4n) is 2.85. The van der Waals surface area contributed by atoms with E-state index in [-0.39, 0.29) is 23.5 Å². The molecule has 126 valence electrons. The normalized spacial score (nSPS) is 16.7. The maximum absolute atomic E-state index is 13.6. The highest BCUT2D eigenvalue weighted by Gasteiger charge is 2.32. The van der Waals surface area contributed by atoms with Crippen LogP contribution in [0.4, 0.5) is 14.6 Å². The van der Waals surface area contributed by atoms with Gasteiger partial charge in [-0.2, -0.15) is 4.98 Å². The molecule has 0 bridgehead atoms. The van der Waals surface area contributed by atoms with E-state index in [1.165, 1.54) is 11.8 Å². The van der Waals surface area contributed by atoms with Gasteiger partial charge in [-0.3, -0.25) is 9.59 Å². The standard InChI is InChI=1S/C16H15F2N3O2S/c1-3-24-16-20-15(23)13-11(7-12(22)19-14(13)21(16)2)8-4-9(17)6-10(18)5-8/h4-6,11H,3,7H2,1-2H3,(H,19,22). The molecule has 1 aliphatic heterocycles. The highest BCUT2D eigenvalue weighted by Crippen LogP contribution is 2.36. The molecule has 0 saturated carbocycles. The number of carbonyl (C=O) groups is 1. The van der Waals surface area contributed by atoms with Crippen LogP contribution in [0.5, 0.6) is 0 Å². The summed E-state index contributed by atoms with van der Waals surface area (Å²) in [6, 6.07) is 3.04. The number of nitrogens with one attached hydrogen (secondary N) is 1. The number of hydrogen-bond acceptors (Lipinski definition) is 4. The van der Waals surface area contributed by atoms with Gasteiger partial charge in [0, 0.05) is 25.5 Å². The van der Waals surface area contributed by atoms with Crippen molar-refractivity contribution in [1.29, 1.82) is 0 Å². The van der Waals surface area contributed by atoms with Gasteiger partial charge in [-0.1, -0.05) is 18.7 Å². The molecule has 2 aromatic rings. The summed E-state index contributed by atoms with van der Waals surface area (Å²) < 4.78 is 28.7. The van der Waals surface area contributed by atoms with Crippen molar-refractivity contribution in [3.8, 4) is 0 Å². The van der Waals surface area contributed by atoms with Crippen LogP contribution in [0.3, 0.4) is 0 Å². The Morgan fingerprint density at radius 3 is 2.58 bits per heavy atom. The lowest BCUT2D eigenvalue weighted by Crippen LogP contribution is -2.33. The molecule has 1 unspecified atom stereocenters. The predicted octanol–water partition coefficient (Wildman–Crippen LogP) is 2.64. The van der Waals surface area contributed by atoms with Crippen molar-refractivity contribution in [3.05, 3.63) is 51.3 Å². The summed E-state index contributed by atoms with van der Waals surface area (Å²) in [4.78, 5) is 28.6. The van der Waals surface area contributed by atoms with Gasteiger partial charge in [0.25, 0.3) is 5.56 Å². The summed E-state index contributed by atoms with van der Waals surface area (Å²) in [6.45, 7) is 1.92. The fraction of sp³-hybridized carbons (Fsp3) is 0.312. The lowest BCUT2D eigenvalue weighted by Gasteiger charge is -2.27. The van der Waals surface area contributed by atoms with Crippen LogP contribution < -0.4 is 10.9 Å². The van der Waals surface area contributed by atoms with Gasteiger partial charge >= 0.3 is 0 Å². The van der Waals surface area contributed by atoms with Crippen LogP contribution >= 0.6 is 11.8 Å². The van der Waals surface area contributed by atoms with Crippen molar-refractivity contribution in [2.24, 2.45) is 7.05 Å². The second kappa shape index (κ2) is 6.35. The van der Waals surface area contributed by atoms with Crippen LogP contribution in [0.1, 0.15) is 30.4 Å². The van der Waals surface area contributed by atoms with Crippen molar-refractivity contribution in [2.75, 3.05) is 11.1 Å². The highest BCUT2D eigenvalue weighted by molar-refractivity contribution is 7.99. The van der Waals surface area contributed by atoms with E-state index < -0.39 is 23.1 Å². The van der Waals surface area contributed by atoms with E-state index in [9.17, 15) is 18.4 Å². The first kappa shape index (κ1) is 16.6. The second-order valence-electron chi connectivity index (χ2n) is 5.46. The number of fused-ring (bicyclic) bond motifs is 1. The van der Waals surface area contributed by atoms with Crippen LogP contribution in [0.2, 0.25) is 0 Å². The van der Waals surface area contributed by atoms with E-state index in [4.69, 9.17) is 0 Å². The zero-order valence-electron chi connectivity index (χ0n) is 13.1. The molecular formula is C16H15F2N3O2S. The number of rotatable bonds is 3. The highest BCUT2D eigenvalue weighted by atomic mass is 32.2. The van der Waals surface area contributed by atoms with E-state index in [0.29, 0.717) is 16.7 Å². The monoisotopic (exact) mass is 351 g/mol. The number of anilines is 1. The molecule has 1 atom stereocenters. The molecule has 1 aliphatic rings. The minimum atomic E-state index is -0.750. The quantitative estimate of drug-likeness (QED) is 0.682. The van der Waals surface area contributed by atoms with Gasteiger partial charge in [0.1, 0.15) is 17.5 Å². The van der Waals surface area contributed by atoms with Crippen LogP contribution in [-0.2, 0) is 11.8 Å². The molecule has 0 aliphatic carbocycles. The van der Waals surface area contributed by atoms with Crippen molar-refractivity contribution in [1.82, 2.24) is 9.55 Å². The largest absolute Gasteiger partial charge is 0.312 e. The molecule has 24 heavy (non-hydrogen) atoms. The third-order valence-corrected chi connectivity index (χ3v) is 4.77. The van der Waals surface area contributed by atoms with E-state index in [2.05, 4.69) is 10.3 Å². The van der Waals surface area contributed by atoms with Crippen LogP contribution in [0.15, 0.2) is 28.2 Å². The van der Waals surface area contributed by atoms with Crippen molar-refractivity contribution >= 4 is 23.5 Å². The van der Waals surface area contributed by atoms with Gasteiger partial charge in [0.05, 0.1) is 5.56 Å². The van der Waals surface area contributed by atoms with Crippen molar-refractivity contribution in [2.45, 2.75) is 24.4 Å². The van der Waals surface area contributed by atoms with Gasteiger partial charge in [0.2, 0.25) is 5.91 Å². The van der Waals surface area contributed by atoms with E-state index in [1.54, 1.807) is 11.6 Å². The first-order chi connectivity index (χ1) is 11.4. The number of benzene rings is 1. The number of nitrogens with zero attached hydrogens (tertiary/aromatic N) is 2. The molecule has 0 fully saturated rings. The average molecular weight is 351 g/mol. The topological polar surface area (TPSA) is 64.0 Å². The molecule has 8 heteroatoms. The Kier molecular flexibility index (Phi) is 4.40. The van der Waals surface area contributed by atoms with Gasteiger partial charge in [-0.15, -0.1) is 0 Å². The second-order valence-corrected chi connectivity index (χ2v) is 6.69. The molecule has 1 N–H and O–H groups in total. The maximum atomic E-state index is 13.6. The Morgan fingerprint density at radius 1 is 1.29 bits per heavy atom. The molecule has 1 aromatic carbocycles. The lowest BCUT2D eigenvalue weighted by molar-refractivity contribution is -0.116. The molecule has 2 heterocycles. The van der Waals surface area contributed by atoms with Crippen LogP contribution in [0.25, 0.3) is 0 Å². The Hall–Kier alpha value is -2.22. The van der Waals surface area contributed by atoms with Gasteiger partial charge in [0.15, 0.2) is 5.16 Å². The molecule has 5 nitrogen and oxygen atoms in total. The number of amides is 1. The maximum Gasteiger partial charge on any atom is 0.279 e. The summed E-state index contributed by atoms with van der Waals surface area (Å²) >= 11 is 1.37. The molecule has 1 amide bonds. The molecule has 0 spiro atoms. The third kappa shape index (κ3) is 2.93. The minimum absolute atomic E-state index is 0.0624. The lowest BCUT2D eigenvalue weighted by atomic mass is 9.86.